The molecule has 1 N–H and O–H groups in total. The molecule has 0 heterocycles. The van der Waals surface area contributed by atoms with Crippen LogP contribution in [-0.2, 0) is 9.53 Å². The Bertz CT molecular complexity index is 474. The molecule has 1 aromatic rings. The van der Waals surface area contributed by atoms with Gasteiger partial charge in [0.05, 0.1) is 6.10 Å². The van der Waals surface area contributed by atoms with Crippen molar-refractivity contribution in [3.05, 3.63) is 35.9 Å². The Morgan fingerprint density at radius 3 is 2.55 bits per heavy atom. The van der Waals surface area contributed by atoms with Gasteiger partial charge in [-0.1, -0.05) is 36.3 Å². The summed E-state index contributed by atoms with van der Waals surface area (Å²) in [6, 6.07) is 9.53. The number of unbranched alkanes of at least 4 members (excludes halogenated alkanes) is 1. The molecule has 0 aromatic heterocycles. The summed E-state index contributed by atoms with van der Waals surface area (Å²) in [4.78, 5) is 11.3. The van der Waals surface area contributed by atoms with E-state index in [9.17, 15) is 9.90 Å². The van der Waals surface area contributed by atoms with Crippen LogP contribution in [0.25, 0.3) is 0 Å². The number of hydrogen-bond donors (Lipinski definition) is 1. The van der Waals surface area contributed by atoms with Crippen molar-refractivity contribution in [2.75, 3.05) is 0 Å². The van der Waals surface area contributed by atoms with E-state index in [0.717, 1.165) is 12.0 Å². The molecule has 0 aliphatic carbocycles. The second-order valence-corrected chi connectivity index (χ2v) is 5.62. The first-order valence-corrected chi connectivity index (χ1v) is 6.83. The van der Waals surface area contributed by atoms with Gasteiger partial charge in [0.25, 0.3) is 0 Å². The summed E-state index contributed by atoms with van der Waals surface area (Å²) in [5.74, 6) is 4.74. The number of carbonyl (C=O) groups is 1. The summed E-state index contributed by atoms with van der Waals surface area (Å²) < 4.78 is 5.07. The lowest BCUT2D eigenvalue weighted by molar-refractivity contribution is -0.147. The first kappa shape index (κ1) is 16.3. The van der Waals surface area contributed by atoms with Crippen LogP contribution in [0.3, 0.4) is 0 Å². The summed E-state index contributed by atoms with van der Waals surface area (Å²) in [5, 5.41) is 9.94. The summed E-state index contributed by atoms with van der Waals surface area (Å²) >= 11 is 0. The van der Waals surface area contributed by atoms with Crippen LogP contribution >= 0.6 is 0 Å². The number of hydrogen-bond acceptors (Lipinski definition) is 3. The Morgan fingerprint density at radius 2 is 1.95 bits per heavy atom. The zero-order valence-electron chi connectivity index (χ0n) is 12.3. The van der Waals surface area contributed by atoms with Gasteiger partial charge in [-0.05, 0) is 39.2 Å². The van der Waals surface area contributed by atoms with Gasteiger partial charge in [0.1, 0.15) is 5.60 Å². The summed E-state index contributed by atoms with van der Waals surface area (Å²) in [6.45, 7) is 5.42. The van der Waals surface area contributed by atoms with E-state index in [2.05, 4.69) is 11.8 Å². The van der Waals surface area contributed by atoms with Crippen LogP contribution in [0.4, 0.5) is 0 Å². The predicted molar refractivity (Wildman–Crippen MR) is 78.9 cm³/mol. The standard InChI is InChI=1S/C17H22O3/c1-17(2,3)20-16(19)13-9-5-8-12-15(18)14-10-6-4-7-11-14/h4,6-7,10-11,15,18H,5,8,12H2,1-3H3. The smallest absolute Gasteiger partial charge is 0.384 e. The summed E-state index contributed by atoms with van der Waals surface area (Å²) in [5.41, 5.74) is 0.405. The normalized spacial score (nSPS) is 12.2. The highest BCUT2D eigenvalue weighted by Crippen LogP contribution is 2.18. The summed E-state index contributed by atoms with van der Waals surface area (Å²) in [6.07, 6.45) is 1.47. The third-order valence-corrected chi connectivity index (χ3v) is 2.55. The Hall–Kier alpha value is -1.79. The van der Waals surface area contributed by atoms with Crippen molar-refractivity contribution >= 4 is 5.97 Å². The van der Waals surface area contributed by atoms with Crippen molar-refractivity contribution in [3.8, 4) is 11.8 Å². The molecule has 0 aliphatic heterocycles. The minimum Gasteiger partial charge on any atom is -0.450 e. The molecule has 0 fully saturated rings. The monoisotopic (exact) mass is 274 g/mol. The lowest BCUT2D eigenvalue weighted by Gasteiger charge is -2.16. The molecule has 1 rings (SSSR count). The second kappa shape index (κ2) is 7.72. The lowest BCUT2D eigenvalue weighted by Crippen LogP contribution is -2.22. The number of aliphatic hydroxyl groups excluding tert-OH is 1. The average molecular weight is 274 g/mol. The Kier molecular flexibility index (Phi) is 6.27. The third-order valence-electron chi connectivity index (χ3n) is 2.55. The molecule has 1 atom stereocenters. The predicted octanol–water partition coefficient (Wildman–Crippen LogP) is 3.24. The van der Waals surface area contributed by atoms with Crippen LogP contribution in [-0.4, -0.2) is 16.7 Å². The minimum atomic E-state index is -0.505. The molecule has 0 saturated carbocycles. The fraction of sp³-hybridized carbons (Fsp3) is 0.471. The average Bonchev–Trinajstić information content (AvgIpc) is 2.37. The molecule has 0 saturated heterocycles. The van der Waals surface area contributed by atoms with E-state index in [1.54, 1.807) is 0 Å². The maximum Gasteiger partial charge on any atom is 0.384 e. The molecule has 1 aromatic carbocycles. The largest absolute Gasteiger partial charge is 0.450 e. The molecule has 0 bridgehead atoms. The SMILES string of the molecule is CC(C)(C)OC(=O)C#CCCCC(O)c1ccccc1. The lowest BCUT2D eigenvalue weighted by atomic mass is 10.0. The second-order valence-electron chi connectivity index (χ2n) is 5.62. The van der Waals surface area contributed by atoms with Gasteiger partial charge in [-0.15, -0.1) is 0 Å². The van der Waals surface area contributed by atoms with Crippen LogP contribution in [0.1, 0.15) is 51.7 Å². The first-order valence-electron chi connectivity index (χ1n) is 6.83. The van der Waals surface area contributed by atoms with Gasteiger partial charge in [0.15, 0.2) is 0 Å². The van der Waals surface area contributed by atoms with Crippen molar-refractivity contribution < 1.29 is 14.6 Å². The van der Waals surface area contributed by atoms with E-state index in [1.807, 2.05) is 51.1 Å². The number of ether oxygens (including phenoxy) is 1. The maximum absolute atomic E-state index is 11.3. The van der Waals surface area contributed by atoms with Gasteiger partial charge < -0.3 is 9.84 Å². The molecule has 0 radical (unpaired) electrons. The van der Waals surface area contributed by atoms with Gasteiger partial charge in [0, 0.05) is 12.3 Å². The molecule has 1 unspecified atom stereocenters. The van der Waals surface area contributed by atoms with E-state index in [0.29, 0.717) is 12.8 Å². The molecule has 3 nitrogen and oxygen atoms in total. The molecule has 3 heteroatoms. The molecule has 20 heavy (non-hydrogen) atoms. The number of rotatable bonds is 4. The van der Waals surface area contributed by atoms with Gasteiger partial charge in [0.2, 0.25) is 0 Å². The van der Waals surface area contributed by atoms with Gasteiger partial charge in [-0.25, -0.2) is 4.79 Å². The van der Waals surface area contributed by atoms with Crippen LogP contribution in [0.5, 0.6) is 0 Å². The maximum atomic E-state index is 11.3. The highest BCUT2D eigenvalue weighted by molar-refractivity contribution is 5.88. The minimum absolute atomic E-state index is 0.473. The Morgan fingerprint density at radius 1 is 1.30 bits per heavy atom. The van der Waals surface area contributed by atoms with E-state index in [-0.39, 0.29) is 0 Å². The molecule has 108 valence electrons. The Balaban J connectivity index is 2.27. The quantitative estimate of drug-likeness (QED) is 0.397. The molecular formula is C17H22O3. The number of carbonyl (C=O) groups excluding carboxylic acids is 1. The van der Waals surface area contributed by atoms with Crippen molar-refractivity contribution in [2.45, 2.75) is 51.7 Å². The molecular weight excluding hydrogens is 252 g/mol. The van der Waals surface area contributed by atoms with Crippen molar-refractivity contribution in [1.29, 1.82) is 0 Å². The number of esters is 1. The zero-order chi connectivity index (χ0) is 15.0. The van der Waals surface area contributed by atoms with E-state index in [1.165, 1.54) is 0 Å². The zero-order valence-corrected chi connectivity index (χ0v) is 12.3. The van der Waals surface area contributed by atoms with E-state index >= 15 is 0 Å². The van der Waals surface area contributed by atoms with Crippen LogP contribution in [0.15, 0.2) is 30.3 Å². The van der Waals surface area contributed by atoms with Crippen molar-refractivity contribution in [1.82, 2.24) is 0 Å². The van der Waals surface area contributed by atoms with Crippen LogP contribution in [0.2, 0.25) is 0 Å². The number of aliphatic hydroxyl groups is 1. The van der Waals surface area contributed by atoms with Gasteiger partial charge >= 0.3 is 5.97 Å². The topological polar surface area (TPSA) is 46.5 Å². The fourth-order valence-electron chi connectivity index (χ4n) is 1.66. The van der Waals surface area contributed by atoms with E-state index < -0.39 is 17.7 Å². The van der Waals surface area contributed by atoms with Crippen LogP contribution in [0, 0.1) is 11.8 Å². The van der Waals surface area contributed by atoms with Gasteiger partial charge in [-0.2, -0.15) is 0 Å². The van der Waals surface area contributed by atoms with Crippen molar-refractivity contribution in [3.63, 3.8) is 0 Å². The molecule has 0 spiro atoms. The summed E-state index contributed by atoms with van der Waals surface area (Å²) in [7, 11) is 0. The Labute approximate surface area is 121 Å². The number of benzene rings is 1. The van der Waals surface area contributed by atoms with Crippen LogP contribution < -0.4 is 0 Å². The molecule has 0 aliphatic rings. The van der Waals surface area contributed by atoms with Crippen molar-refractivity contribution in [2.24, 2.45) is 0 Å². The highest BCUT2D eigenvalue weighted by atomic mass is 16.6. The van der Waals surface area contributed by atoms with Gasteiger partial charge in [-0.3, -0.25) is 0 Å². The molecule has 0 amide bonds. The third kappa shape index (κ3) is 6.96. The first-order chi connectivity index (χ1) is 9.38. The fourth-order valence-corrected chi connectivity index (χ4v) is 1.66. The van der Waals surface area contributed by atoms with E-state index in [4.69, 9.17) is 4.74 Å². The highest BCUT2D eigenvalue weighted by Gasteiger charge is 2.14.